The third kappa shape index (κ3) is 5.19. The topological polar surface area (TPSA) is 46.5 Å². The van der Waals surface area contributed by atoms with Crippen LogP contribution in [0.3, 0.4) is 0 Å². The molecule has 0 aliphatic heterocycles. The molecule has 1 N–H and O–H groups in total. The minimum atomic E-state index is -1.98. The maximum atomic E-state index is 13.7. The van der Waals surface area contributed by atoms with Gasteiger partial charge in [0, 0.05) is 0 Å². The Morgan fingerprint density at radius 1 is 0.875 bits per heavy atom. The summed E-state index contributed by atoms with van der Waals surface area (Å²) in [5.41, 5.74) is 4.26. The lowest BCUT2D eigenvalue weighted by atomic mass is 9.77. The predicted octanol–water partition coefficient (Wildman–Crippen LogP) is 5.76. The molecule has 0 fully saturated rings. The number of ether oxygens (including phenoxy) is 1. The zero-order valence-corrected chi connectivity index (χ0v) is 20.3. The fourth-order valence-corrected chi connectivity index (χ4v) is 4.17. The molecule has 0 spiro atoms. The molecular weight excluding hydrogens is 412 g/mol. The van der Waals surface area contributed by atoms with Gasteiger partial charge in [-0.2, -0.15) is 0 Å². The Hall–Kier alpha value is -3.13. The van der Waals surface area contributed by atoms with E-state index in [9.17, 15) is 9.90 Å². The molecule has 3 aromatic rings. The number of benzene rings is 3. The van der Waals surface area contributed by atoms with E-state index in [1.54, 1.807) is 24.3 Å². The third-order valence-electron chi connectivity index (χ3n) is 5.27. The van der Waals surface area contributed by atoms with Crippen molar-refractivity contribution >= 4 is 14.0 Å². The lowest BCUT2D eigenvalue weighted by molar-refractivity contribution is -0.158. The van der Waals surface area contributed by atoms with Crippen molar-refractivity contribution in [1.82, 2.24) is 0 Å². The van der Waals surface area contributed by atoms with Crippen molar-refractivity contribution in [3.05, 3.63) is 101 Å². The van der Waals surface area contributed by atoms with E-state index in [2.05, 4.69) is 31.1 Å². The highest BCUT2D eigenvalue weighted by Crippen LogP contribution is 2.39. The van der Waals surface area contributed by atoms with E-state index in [0.717, 1.165) is 16.7 Å². The summed E-state index contributed by atoms with van der Waals surface area (Å²) in [4.78, 5) is 13.7. The van der Waals surface area contributed by atoms with Gasteiger partial charge in [-0.3, -0.25) is 0 Å². The molecular formula is C28H30O3Si. The lowest BCUT2D eigenvalue weighted by Gasteiger charge is -2.32. The highest BCUT2D eigenvalue weighted by molar-refractivity contribution is 6.83. The van der Waals surface area contributed by atoms with Gasteiger partial charge < -0.3 is 9.84 Å². The van der Waals surface area contributed by atoms with E-state index in [4.69, 9.17) is 4.74 Å². The molecule has 2 atom stereocenters. The number of carbonyl (C=O) groups is 1. The Labute approximate surface area is 192 Å². The molecule has 3 rings (SSSR count). The Kier molecular flexibility index (Phi) is 7.03. The van der Waals surface area contributed by atoms with Crippen LogP contribution in [0.25, 0.3) is 0 Å². The Bertz CT molecular complexity index is 1120. The Balaban J connectivity index is 2.20. The van der Waals surface area contributed by atoms with Gasteiger partial charge in [-0.25, -0.2) is 4.79 Å². The summed E-state index contributed by atoms with van der Waals surface area (Å²) in [7, 11) is -1.78. The zero-order valence-electron chi connectivity index (χ0n) is 19.3. The molecule has 3 nitrogen and oxygen atoms in total. The molecule has 0 saturated carbocycles. The smallest absolute Gasteiger partial charge is 0.349 e. The molecule has 3 aromatic carbocycles. The first-order valence-corrected chi connectivity index (χ1v) is 14.3. The van der Waals surface area contributed by atoms with Crippen LogP contribution in [0, 0.1) is 25.3 Å². The van der Waals surface area contributed by atoms with Gasteiger partial charge in [-0.1, -0.05) is 104 Å². The average Bonchev–Trinajstić information content (AvgIpc) is 2.76. The molecule has 0 aromatic heterocycles. The fraction of sp³-hybridized carbons (Fsp3) is 0.250. The molecule has 164 valence electrons. The van der Waals surface area contributed by atoms with Crippen LogP contribution in [0.4, 0.5) is 0 Å². The van der Waals surface area contributed by atoms with Gasteiger partial charge in [0.25, 0.3) is 0 Å². The lowest BCUT2D eigenvalue weighted by Crippen LogP contribution is -2.44. The van der Waals surface area contributed by atoms with Crippen LogP contribution in [-0.2, 0) is 10.4 Å². The molecule has 0 saturated heterocycles. The number of hydrogen-bond acceptors (Lipinski definition) is 3. The van der Waals surface area contributed by atoms with Crippen molar-refractivity contribution in [2.24, 2.45) is 0 Å². The van der Waals surface area contributed by atoms with Gasteiger partial charge in [-0.05, 0) is 36.1 Å². The van der Waals surface area contributed by atoms with Crippen LogP contribution in [0.1, 0.15) is 28.2 Å². The monoisotopic (exact) mass is 442 g/mol. The number of aryl methyl sites for hydroxylation is 2. The van der Waals surface area contributed by atoms with E-state index < -0.39 is 25.6 Å². The molecule has 32 heavy (non-hydrogen) atoms. The van der Waals surface area contributed by atoms with E-state index >= 15 is 0 Å². The van der Waals surface area contributed by atoms with Gasteiger partial charge in [-0.15, -0.1) is 5.54 Å². The molecule has 0 aliphatic rings. The molecule has 0 heterocycles. The second kappa shape index (κ2) is 9.56. The number of rotatable bonds is 5. The predicted molar refractivity (Wildman–Crippen MR) is 132 cm³/mol. The summed E-state index contributed by atoms with van der Waals surface area (Å²) < 4.78 is 5.88. The van der Waals surface area contributed by atoms with Crippen molar-refractivity contribution < 1.29 is 14.6 Å². The first kappa shape index (κ1) is 23.5. The van der Waals surface area contributed by atoms with Gasteiger partial charge >= 0.3 is 5.97 Å². The second-order valence-corrected chi connectivity index (χ2v) is 13.9. The molecule has 0 radical (unpaired) electrons. The van der Waals surface area contributed by atoms with Crippen LogP contribution in [0.15, 0.2) is 78.9 Å². The average molecular weight is 443 g/mol. The summed E-state index contributed by atoms with van der Waals surface area (Å²) in [5.74, 6) is 2.22. The highest BCUT2D eigenvalue weighted by atomic mass is 28.3. The summed E-state index contributed by atoms with van der Waals surface area (Å²) >= 11 is 0. The van der Waals surface area contributed by atoms with Crippen molar-refractivity contribution in [3.63, 3.8) is 0 Å². The van der Waals surface area contributed by atoms with Gasteiger partial charge in [0.05, 0.1) is 5.92 Å². The Morgan fingerprint density at radius 3 is 1.94 bits per heavy atom. The first-order chi connectivity index (χ1) is 15.1. The highest BCUT2D eigenvalue weighted by Gasteiger charge is 2.48. The minimum Gasteiger partial charge on any atom is -0.424 e. The minimum absolute atomic E-state index is 0.454. The van der Waals surface area contributed by atoms with Gasteiger partial charge in [0.2, 0.25) is 5.60 Å². The summed E-state index contributed by atoms with van der Waals surface area (Å²) in [6, 6.07) is 24.1. The summed E-state index contributed by atoms with van der Waals surface area (Å²) in [5, 5.41) is 12.1. The van der Waals surface area contributed by atoms with E-state index in [1.807, 2.05) is 68.4 Å². The summed E-state index contributed by atoms with van der Waals surface area (Å²) in [6.45, 7) is 10.2. The number of esters is 1. The van der Waals surface area contributed by atoms with Crippen LogP contribution in [-0.4, -0.2) is 19.1 Å². The van der Waals surface area contributed by atoms with Gasteiger partial charge in [0.1, 0.15) is 13.8 Å². The molecule has 0 aliphatic carbocycles. The standard InChI is InChI=1S/C28H30O3Si/c1-21-13-12-14-22(2)26(21)31-27(29)28(30,24-17-10-7-11-18-24)25(19-20-32(3,4)5)23-15-8-6-9-16-23/h6-18,25,30H,1-5H3/t25-,28+/m0/s1. The number of hydrogen-bond donors (Lipinski definition) is 1. The molecule has 0 unspecified atom stereocenters. The van der Waals surface area contributed by atoms with Crippen molar-refractivity contribution in [2.75, 3.05) is 0 Å². The maximum Gasteiger partial charge on any atom is 0.349 e. The maximum absolute atomic E-state index is 13.7. The number of carbonyl (C=O) groups excluding carboxylic acids is 1. The van der Waals surface area contributed by atoms with Crippen molar-refractivity contribution in [2.45, 2.75) is 45.0 Å². The largest absolute Gasteiger partial charge is 0.424 e. The number of aliphatic hydroxyl groups is 1. The van der Waals surface area contributed by atoms with Crippen molar-refractivity contribution in [1.29, 1.82) is 0 Å². The number of para-hydroxylation sites is 1. The van der Waals surface area contributed by atoms with Crippen LogP contribution >= 0.6 is 0 Å². The van der Waals surface area contributed by atoms with Gasteiger partial charge in [0.15, 0.2) is 0 Å². The van der Waals surface area contributed by atoms with E-state index in [0.29, 0.717) is 11.3 Å². The normalized spacial score (nSPS) is 13.9. The fourth-order valence-electron chi connectivity index (χ4n) is 3.59. The Morgan fingerprint density at radius 2 is 1.41 bits per heavy atom. The molecule has 0 bridgehead atoms. The van der Waals surface area contributed by atoms with Crippen LogP contribution in [0.5, 0.6) is 5.75 Å². The van der Waals surface area contributed by atoms with Crippen molar-refractivity contribution in [3.8, 4) is 17.2 Å². The van der Waals surface area contributed by atoms with Crippen LogP contribution < -0.4 is 4.74 Å². The molecule has 0 amide bonds. The third-order valence-corrected chi connectivity index (χ3v) is 6.17. The molecule has 4 heteroatoms. The summed E-state index contributed by atoms with van der Waals surface area (Å²) in [6.07, 6.45) is 0. The van der Waals surface area contributed by atoms with E-state index in [-0.39, 0.29) is 0 Å². The first-order valence-electron chi connectivity index (χ1n) is 10.8. The quantitative estimate of drug-likeness (QED) is 0.236. The van der Waals surface area contributed by atoms with Crippen LogP contribution in [0.2, 0.25) is 19.6 Å². The van der Waals surface area contributed by atoms with E-state index in [1.165, 1.54) is 0 Å². The zero-order chi connectivity index (χ0) is 23.4. The SMILES string of the molecule is Cc1cccc(C)c1OC(=O)[C@@](O)(c1ccccc1)[C@@H](C#C[Si](C)(C)C)c1ccccc1. The second-order valence-electron chi connectivity index (χ2n) is 9.11.